The number of alkyl halides is 2. The molecule has 98 valence electrons. The fraction of sp³-hybridized carbons (Fsp3) is 0.750. The third-order valence-corrected chi connectivity index (χ3v) is 1.23. The van der Waals surface area contributed by atoms with Crippen LogP contribution >= 0.6 is 23.2 Å². The lowest BCUT2D eigenvalue weighted by Crippen LogP contribution is -2.01. The van der Waals surface area contributed by atoms with Gasteiger partial charge in [-0.1, -0.05) is 13.3 Å². The summed E-state index contributed by atoms with van der Waals surface area (Å²) in [5.74, 6) is -2.57. The molecule has 0 spiro atoms. The fourth-order valence-corrected chi connectivity index (χ4v) is 0.258. The van der Waals surface area contributed by atoms with Crippen molar-refractivity contribution in [1.82, 2.24) is 0 Å². The number of aliphatic carboxylic acids is 2. The first-order valence-electron chi connectivity index (χ1n) is 4.23. The molecule has 6 nitrogen and oxygen atoms in total. The van der Waals surface area contributed by atoms with Crippen LogP contribution in [0.4, 0.5) is 0 Å². The topological polar surface area (TPSA) is 115 Å². The molecule has 0 rings (SSSR count). The number of aliphatic hydroxyl groups is 2. The van der Waals surface area contributed by atoms with Crippen LogP contribution in [0.25, 0.3) is 0 Å². The van der Waals surface area contributed by atoms with Crippen molar-refractivity contribution in [3.8, 4) is 0 Å². The van der Waals surface area contributed by atoms with Crippen LogP contribution in [-0.4, -0.2) is 50.4 Å². The van der Waals surface area contributed by atoms with Crippen LogP contribution in [0.15, 0.2) is 0 Å². The maximum Gasteiger partial charge on any atom is 0.318 e. The lowest BCUT2D eigenvalue weighted by molar-refractivity contribution is -0.135. The van der Waals surface area contributed by atoms with Crippen LogP contribution in [0.3, 0.4) is 0 Å². The van der Waals surface area contributed by atoms with Crippen molar-refractivity contribution in [2.75, 3.05) is 11.8 Å². The summed E-state index contributed by atoms with van der Waals surface area (Å²) >= 11 is 9.47. The highest BCUT2D eigenvalue weighted by molar-refractivity contribution is 6.26. The molecule has 0 radical (unpaired) electrons. The summed E-state index contributed by atoms with van der Waals surface area (Å²) in [5.41, 5.74) is 0. The van der Waals surface area contributed by atoms with E-state index in [0.29, 0.717) is 6.42 Å². The zero-order chi connectivity index (χ0) is 13.6. The molecule has 16 heavy (non-hydrogen) atoms. The number of hydrogen-bond acceptors (Lipinski definition) is 4. The molecule has 0 aromatic carbocycles. The molecular formula is C8H16Cl2O6. The quantitative estimate of drug-likeness (QED) is 0.445. The van der Waals surface area contributed by atoms with E-state index in [4.69, 9.17) is 43.6 Å². The summed E-state index contributed by atoms with van der Waals surface area (Å²) in [5, 5.41) is 31.4. The van der Waals surface area contributed by atoms with Crippen molar-refractivity contribution in [2.45, 2.75) is 26.1 Å². The van der Waals surface area contributed by atoms with Gasteiger partial charge in [-0.15, -0.1) is 23.2 Å². The van der Waals surface area contributed by atoms with Crippen LogP contribution in [0.5, 0.6) is 0 Å². The third kappa shape index (κ3) is 50.1. The van der Waals surface area contributed by atoms with Gasteiger partial charge in [-0.3, -0.25) is 9.59 Å². The van der Waals surface area contributed by atoms with E-state index in [0.717, 1.165) is 6.42 Å². The summed E-state index contributed by atoms with van der Waals surface area (Å²) in [7, 11) is 0. The van der Waals surface area contributed by atoms with Crippen molar-refractivity contribution in [1.29, 1.82) is 0 Å². The van der Waals surface area contributed by atoms with E-state index in [9.17, 15) is 9.59 Å². The van der Waals surface area contributed by atoms with Crippen LogP contribution in [0, 0.1) is 0 Å². The Hall–Kier alpha value is -0.560. The zero-order valence-corrected chi connectivity index (χ0v) is 10.3. The predicted molar refractivity (Wildman–Crippen MR) is 59.8 cm³/mol. The average Bonchev–Trinajstić information content (AvgIpc) is 2.19. The fourth-order valence-electron chi connectivity index (χ4n) is 0.258. The van der Waals surface area contributed by atoms with E-state index >= 15 is 0 Å². The second kappa shape index (κ2) is 16.9. The predicted octanol–water partition coefficient (Wildman–Crippen LogP) is 0.717. The van der Waals surface area contributed by atoms with Gasteiger partial charge >= 0.3 is 11.9 Å². The van der Waals surface area contributed by atoms with Gasteiger partial charge in [0.1, 0.15) is 11.8 Å². The molecular weight excluding hydrogens is 263 g/mol. The van der Waals surface area contributed by atoms with Gasteiger partial charge in [-0.25, -0.2) is 0 Å². The number of rotatable bonds is 4. The number of halogens is 2. The van der Waals surface area contributed by atoms with Gasteiger partial charge in [0, 0.05) is 0 Å². The van der Waals surface area contributed by atoms with Crippen molar-refractivity contribution >= 4 is 35.1 Å². The smallest absolute Gasteiger partial charge is 0.318 e. The van der Waals surface area contributed by atoms with Gasteiger partial charge in [0.25, 0.3) is 0 Å². The van der Waals surface area contributed by atoms with Crippen LogP contribution in [0.1, 0.15) is 19.8 Å². The molecule has 0 aliphatic carbocycles. The highest BCUT2D eigenvalue weighted by atomic mass is 35.5. The Morgan fingerprint density at radius 2 is 1.31 bits per heavy atom. The minimum absolute atomic E-state index is 0.306. The maximum atomic E-state index is 9.24. The molecule has 0 bridgehead atoms. The monoisotopic (exact) mass is 278 g/mol. The minimum Gasteiger partial charge on any atom is -0.480 e. The lowest BCUT2D eigenvalue weighted by atomic mass is 10.3. The molecule has 0 atom stereocenters. The lowest BCUT2D eigenvalue weighted by Gasteiger charge is -1.94. The average molecular weight is 279 g/mol. The van der Waals surface area contributed by atoms with Gasteiger partial charge in [0.05, 0.1) is 0 Å². The number of carboxylic acids is 2. The van der Waals surface area contributed by atoms with E-state index in [2.05, 4.69) is 0 Å². The minimum atomic E-state index is -1.10. The van der Waals surface area contributed by atoms with E-state index in [1.807, 2.05) is 6.92 Å². The Morgan fingerprint density at radius 3 is 1.31 bits per heavy atom. The molecule has 0 saturated carbocycles. The Kier molecular flexibility index (Phi) is 21.9. The first kappa shape index (κ1) is 20.8. The standard InChI is InChI=1S/C4H10O2.2C2H3ClO2/c1-2-3-4(5)6;2*3-1-2(4)5/h4-6H,2-3H2,1H3;2*1H2,(H,4,5). The van der Waals surface area contributed by atoms with Crippen molar-refractivity contribution in [3.63, 3.8) is 0 Å². The highest BCUT2D eigenvalue weighted by Crippen LogP contribution is 1.88. The molecule has 0 aliphatic rings. The third-order valence-electron chi connectivity index (χ3n) is 0.776. The molecule has 0 fully saturated rings. The Bertz CT molecular complexity index is 160. The van der Waals surface area contributed by atoms with Gasteiger partial charge in [-0.05, 0) is 6.42 Å². The molecule has 0 heterocycles. The second-order valence-corrected chi connectivity index (χ2v) is 2.86. The first-order valence-corrected chi connectivity index (χ1v) is 5.30. The molecule has 8 heteroatoms. The Balaban J connectivity index is -0.000000160. The molecule has 0 aromatic heterocycles. The van der Waals surface area contributed by atoms with Crippen LogP contribution in [0.2, 0.25) is 0 Å². The summed E-state index contributed by atoms with van der Waals surface area (Å²) in [4.78, 5) is 18.5. The first-order chi connectivity index (χ1) is 7.31. The van der Waals surface area contributed by atoms with Crippen molar-refractivity contribution in [2.24, 2.45) is 0 Å². The summed E-state index contributed by atoms with van der Waals surface area (Å²) in [6, 6.07) is 0. The van der Waals surface area contributed by atoms with Gasteiger partial charge in [-0.2, -0.15) is 0 Å². The van der Waals surface area contributed by atoms with E-state index in [-0.39, 0.29) is 11.8 Å². The van der Waals surface area contributed by atoms with Gasteiger partial charge in [0.2, 0.25) is 0 Å². The molecule has 4 N–H and O–H groups in total. The molecule has 0 unspecified atom stereocenters. The molecule has 0 amide bonds. The molecule has 0 aromatic rings. The number of carbonyl (C=O) groups is 2. The SMILES string of the molecule is CCCC(O)O.O=C(O)CCl.O=C(O)CCl. The normalized spacial score (nSPS) is 8.38. The number of aliphatic hydroxyl groups excluding tert-OH is 1. The maximum absolute atomic E-state index is 9.24. The van der Waals surface area contributed by atoms with Crippen LogP contribution < -0.4 is 0 Å². The van der Waals surface area contributed by atoms with Crippen LogP contribution in [-0.2, 0) is 9.59 Å². The zero-order valence-electron chi connectivity index (χ0n) is 8.77. The van der Waals surface area contributed by atoms with Gasteiger partial charge < -0.3 is 20.4 Å². The number of hydrogen-bond donors (Lipinski definition) is 4. The Labute approximate surface area is 103 Å². The summed E-state index contributed by atoms with van der Waals surface area (Å²) in [6.45, 7) is 1.90. The molecule has 0 aliphatic heterocycles. The highest BCUT2D eigenvalue weighted by Gasteiger charge is 1.89. The van der Waals surface area contributed by atoms with E-state index in [1.54, 1.807) is 0 Å². The Morgan fingerprint density at radius 1 is 1.06 bits per heavy atom. The summed E-state index contributed by atoms with van der Waals surface area (Å²) < 4.78 is 0. The second-order valence-electron chi connectivity index (χ2n) is 2.32. The van der Waals surface area contributed by atoms with E-state index < -0.39 is 18.2 Å². The van der Waals surface area contributed by atoms with Crippen molar-refractivity contribution < 1.29 is 30.0 Å². The molecule has 0 saturated heterocycles. The summed E-state index contributed by atoms with van der Waals surface area (Å²) in [6.07, 6.45) is 0.215. The van der Waals surface area contributed by atoms with Crippen molar-refractivity contribution in [3.05, 3.63) is 0 Å². The van der Waals surface area contributed by atoms with Gasteiger partial charge in [0.15, 0.2) is 6.29 Å². The largest absolute Gasteiger partial charge is 0.480 e. The number of carboxylic acid groups (broad SMARTS) is 2. The van der Waals surface area contributed by atoms with E-state index in [1.165, 1.54) is 0 Å².